The highest BCUT2D eigenvalue weighted by atomic mass is 16.5. The fourth-order valence-corrected chi connectivity index (χ4v) is 3.70. The van der Waals surface area contributed by atoms with Gasteiger partial charge >= 0.3 is 0 Å². The minimum absolute atomic E-state index is 0.164. The molecular weight excluding hydrogens is 344 g/mol. The highest BCUT2D eigenvalue weighted by molar-refractivity contribution is 5.99. The number of ether oxygens (including phenoxy) is 2. The molecular formula is C20H24N4O3. The largest absolute Gasteiger partial charge is 0.493 e. The average Bonchev–Trinajstić information content (AvgIpc) is 3.15. The molecule has 142 valence electrons. The molecule has 0 fully saturated rings. The van der Waals surface area contributed by atoms with Gasteiger partial charge < -0.3 is 14.8 Å². The molecule has 7 heteroatoms. The number of allylic oxidation sites excluding steroid dienone is 2. The van der Waals surface area contributed by atoms with Crippen LogP contribution in [-0.4, -0.2) is 34.3 Å². The van der Waals surface area contributed by atoms with Crippen molar-refractivity contribution in [3.63, 3.8) is 0 Å². The topological polar surface area (TPSA) is 78.3 Å². The van der Waals surface area contributed by atoms with Gasteiger partial charge in [0, 0.05) is 17.7 Å². The van der Waals surface area contributed by atoms with E-state index in [2.05, 4.69) is 22.3 Å². The Balaban J connectivity index is 1.75. The Morgan fingerprint density at radius 1 is 1.30 bits per heavy atom. The summed E-state index contributed by atoms with van der Waals surface area (Å²) in [6.07, 6.45) is 5.85. The first kappa shape index (κ1) is 17.6. The van der Waals surface area contributed by atoms with Crippen molar-refractivity contribution in [1.29, 1.82) is 0 Å². The van der Waals surface area contributed by atoms with Crippen molar-refractivity contribution in [3.8, 4) is 11.5 Å². The summed E-state index contributed by atoms with van der Waals surface area (Å²) in [5, 5.41) is 7.64. The van der Waals surface area contributed by atoms with E-state index in [1.54, 1.807) is 11.8 Å². The van der Waals surface area contributed by atoms with Crippen molar-refractivity contribution >= 4 is 11.7 Å². The summed E-state index contributed by atoms with van der Waals surface area (Å²) < 4.78 is 13.2. The Bertz CT molecular complexity index is 887. The molecule has 1 aromatic heterocycles. The van der Waals surface area contributed by atoms with E-state index in [1.807, 2.05) is 18.2 Å². The highest BCUT2D eigenvalue weighted by Crippen LogP contribution is 2.41. The van der Waals surface area contributed by atoms with Crippen LogP contribution in [0.5, 0.6) is 11.5 Å². The fraction of sp³-hybridized carbons (Fsp3) is 0.450. The van der Waals surface area contributed by atoms with Crippen LogP contribution in [0.2, 0.25) is 0 Å². The molecule has 0 saturated carbocycles. The van der Waals surface area contributed by atoms with Gasteiger partial charge in [-0.25, -0.2) is 4.68 Å². The number of anilines is 1. The normalized spacial score (nSPS) is 18.6. The number of nitrogens with one attached hydrogen (secondary N) is 1. The minimum Gasteiger partial charge on any atom is -0.493 e. The molecule has 7 nitrogen and oxygen atoms in total. The lowest BCUT2D eigenvalue weighted by Crippen LogP contribution is -2.31. The number of benzene rings is 1. The molecule has 0 bridgehead atoms. The molecule has 0 radical (unpaired) electrons. The van der Waals surface area contributed by atoms with Gasteiger partial charge in [0.25, 0.3) is 0 Å². The Morgan fingerprint density at radius 2 is 2.19 bits per heavy atom. The van der Waals surface area contributed by atoms with Crippen LogP contribution in [0.4, 0.5) is 5.95 Å². The molecule has 1 aromatic carbocycles. The molecule has 0 saturated heterocycles. The van der Waals surface area contributed by atoms with Crippen molar-refractivity contribution < 1.29 is 14.3 Å². The highest BCUT2D eigenvalue weighted by Gasteiger charge is 2.36. The van der Waals surface area contributed by atoms with E-state index in [9.17, 15) is 4.79 Å². The van der Waals surface area contributed by atoms with E-state index in [1.165, 1.54) is 6.33 Å². The van der Waals surface area contributed by atoms with Crippen LogP contribution in [0.15, 0.2) is 35.8 Å². The molecule has 1 N–H and O–H groups in total. The molecule has 2 heterocycles. The van der Waals surface area contributed by atoms with Gasteiger partial charge in [0.15, 0.2) is 17.3 Å². The number of fused-ring (bicyclic) bond motifs is 1. The standard InChI is InChI=1S/C20H24N4O3/c1-3-4-10-27-16-9-8-13(11-17(16)26-2)19-18-14(6-5-7-15(18)25)23-20-21-12-22-24(19)20/h8-9,11-12,19H,3-7,10H2,1-2H3,(H,21,22,23). The third-order valence-corrected chi connectivity index (χ3v) is 5.07. The summed E-state index contributed by atoms with van der Waals surface area (Å²) in [6.45, 7) is 2.78. The van der Waals surface area contributed by atoms with E-state index in [0.717, 1.165) is 42.5 Å². The number of aromatic nitrogens is 3. The number of Topliss-reactive ketones (excluding diaryl/α,β-unsaturated/α-hetero) is 1. The zero-order chi connectivity index (χ0) is 18.8. The molecule has 2 aliphatic rings. The van der Waals surface area contributed by atoms with Gasteiger partial charge in [-0.05, 0) is 37.0 Å². The van der Waals surface area contributed by atoms with Gasteiger partial charge in [0.05, 0.1) is 13.7 Å². The summed E-state index contributed by atoms with van der Waals surface area (Å²) in [4.78, 5) is 17.0. The lowest BCUT2D eigenvalue weighted by molar-refractivity contribution is -0.116. The van der Waals surface area contributed by atoms with E-state index < -0.39 is 0 Å². The number of unbranched alkanes of at least 4 members (excludes halogenated alkanes) is 1. The number of rotatable bonds is 6. The number of carbonyl (C=O) groups excluding carboxylic acids is 1. The molecule has 4 rings (SSSR count). The molecule has 0 spiro atoms. The predicted molar refractivity (Wildman–Crippen MR) is 101 cm³/mol. The van der Waals surface area contributed by atoms with Crippen LogP contribution < -0.4 is 14.8 Å². The van der Waals surface area contributed by atoms with Crippen LogP contribution in [0, 0.1) is 0 Å². The quantitative estimate of drug-likeness (QED) is 0.787. The van der Waals surface area contributed by atoms with Gasteiger partial charge in [0.1, 0.15) is 12.4 Å². The molecule has 1 atom stereocenters. The zero-order valence-corrected chi connectivity index (χ0v) is 15.7. The van der Waals surface area contributed by atoms with Gasteiger partial charge in [-0.1, -0.05) is 19.4 Å². The van der Waals surface area contributed by atoms with Gasteiger partial charge in [-0.2, -0.15) is 10.1 Å². The maximum atomic E-state index is 12.7. The summed E-state index contributed by atoms with van der Waals surface area (Å²) >= 11 is 0. The maximum absolute atomic E-state index is 12.7. The summed E-state index contributed by atoms with van der Waals surface area (Å²) in [7, 11) is 1.63. The smallest absolute Gasteiger partial charge is 0.226 e. The summed E-state index contributed by atoms with van der Waals surface area (Å²) in [6, 6.07) is 5.54. The molecule has 0 amide bonds. The maximum Gasteiger partial charge on any atom is 0.226 e. The third kappa shape index (κ3) is 3.18. The molecule has 2 aromatic rings. The third-order valence-electron chi connectivity index (χ3n) is 5.07. The van der Waals surface area contributed by atoms with Crippen molar-refractivity contribution in [2.45, 2.75) is 45.1 Å². The van der Waals surface area contributed by atoms with Crippen LogP contribution in [0.3, 0.4) is 0 Å². The number of hydrogen-bond donors (Lipinski definition) is 1. The minimum atomic E-state index is -0.301. The SMILES string of the molecule is CCCCOc1ccc(C2C3=C(CCCC3=O)Nc3ncnn32)cc1OC. The van der Waals surface area contributed by atoms with E-state index in [0.29, 0.717) is 30.5 Å². The molecule has 1 aliphatic heterocycles. The van der Waals surface area contributed by atoms with Crippen LogP contribution in [-0.2, 0) is 4.79 Å². The second-order valence-corrected chi connectivity index (χ2v) is 6.84. The monoisotopic (exact) mass is 368 g/mol. The number of ketones is 1. The number of hydrogen-bond acceptors (Lipinski definition) is 6. The summed E-state index contributed by atoms with van der Waals surface area (Å²) in [5.41, 5.74) is 2.67. The number of nitrogens with zero attached hydrogens (tertiary/aromatic N) is 3. The lowest BCUT2D eigenvalue weighted by Gasteiger charge is -2.32. The van der Waals surface area contributed by atoms with Crippen molar-refractivity contribution in [3.05, 3.63) is 41.4 Å². The van der Waals surface area contributed by atoms with E-state index >= 15 is 0 Å². The van der Waals surface area contributed by atoms with E-state index in [4.69, 9.17) is 9.47 Å². The van der Waals surface area contributed by atoms with E-state index in [-0.39, 0.29) is 11.8 Å². The van der Waals surface area contributed by atoms with Crippen molar-refractivity contribution in [2.75, 3.05) is 19.0 Å². The number of methoxy groups -OCH3 is 1. The second-order valence-electron chi connectivity index (χ2n) is 6.84. The Morgan fingerprint density at radius 3 is 3.00 bits per heavy atom. The zero-order valence-electron chi connectivity index (χ0n) is 15.7. The molecule has 1 unspecified atom stereocenters. The van der Waals surface area contributed by atoms with Crippen LogP contribution in [0.1, 0.15) is 50.6 Å². The van der Waals surface area contributed by atoms with Gasteiger partial charge in [-0.15, -0.1) is 0 Å². The fourth-order valence-electron chi connectivity index (χ4n) is 3.70. The Hall–Kier alpha value is -2.83. The average molecular weight is 368 g/mol. The first-order valence-corrected chi connectivity index (χ1v) is 9.46. The van der Waals surface area contributed by atoms with Gasteiger partial charge in [0.2, 0.25) is 5.95 Å². The van der Waals surface area contributed by atoms with Crippen LogP contribution >= 0.6 is 0 Å². The van der Waals surface area contributed by atoms with Crippen LogP contribution in [0.25, 0.3) is 0 Å². The Kier molecular flexibility index (Phi) is 4.83. The number of carbonyl (C=O) groups is 1. The second kappa shape index (κ2) is 7.42. The lowest BCUT2D eigenvalue weighted by atomic mass is 9.85. The van der Waals surface area contributed by atoms with Crippen molar-refractivity contribution in [1.82, 2.24) is 14.8 Å². The van der Waals surface area contributed by atoms with Gasteiger partial charge in [-0.3, -0.25) is 4.79 Å². The first-order chi connectivity index (χ1) is 13.2. The Labute approximate surface area is 158 Å². The first-order valence-electron chi connectivity index (χ1n) is 9.46. The molecule has 1 aliphatic carbocycles. The van der Waals surface area contributed by atoms with Crippen molar-refractivity contribution in [2.24, 2.45) is 0 Å². The summed E-state index contributed by atoms with van der Waals surface area (Å²) in [5.74, 6) is 2.20. The molecule has 27 heavy (non-hydrogen) atoms. The predicted octanol–water partition coefficient (Wildman–Crippen LogP) is 3.49.